The van der Waals surface area contributed by atoms with E-state index in [4.69, 9.17) is 4.74 Å². The van der Waals surface area contributed by atoms with Crippen LogP contribution < -0.4 is 10.2 Å². The Bertz CT molecular complexity index is 849. The number of nitrogens with zero attached hydrogens (tertiary/aromatic N) is 4. The summed E-state index contributed by atoms with van der Waals surface area (Å²) in [6.45, 7) is 9.17. The molecule has 0 bridgehead atoms. The van der Waals surface area contributed by atoms with Gasteiger partial charge in [-0.15, -0.1) is 0 Å². The minimum absolute atomic E-state index is 0.100. The monoisotopic (exact) mass is 411 g/mol. The molecule has 1 aromatic heterocycles. The Morgan fingerprint density at radius 1 is 1.20 bits per heavy atom. The van der Waals surface area contributed by atoms with Crippen molar-refractivity contribution in [2.24, 2.45) is 0 Å². The van der Waals surface area contributed by atoms with E-state index in [0.29, 0.717) is 23.2 Å². The number of carbonyl (C=O) groups is 1. The molecule has 7 heteroatoms. The molecule has 2 aromatic rings. The Morgan fingerprint density at radius 3 is 2.50 bits per heavy atom. The Balaban J connectivity index is 1.65. The molecule has 162 valence electrons. The van der Waals surface area contributed by atoms with Gasteiger partial charge in [-0.05, 0) is 50.6 Å². The lowest BCUT2D eigenvalue weighted by atomic mass is 9.96. The Kier molecular flexibility index (Phi) is 7.39. The fourth-order valence-electron chi connectivity index (χ4n) is 3.96. The topological polar surface area (TPSA) is 70.6 Å². The van der Waals surface area contributed by atoms with Crippen LogP contribution in [-0.2, 0) is 4.74 Å². The minimum Gasteiger partial charge on any atom is -0.373 e. The van der Waals surface area contributed by atoms with Crippen LogP contribution in [0.5, 0.6) is 0 Å². The fraction of sp³-hybridized carbons (Fsp3) is 0.522. The molecular weight excluding hydrogens is 378 g/mol. The van der Waals surface area contributed by atoms with Crippen LogP contribution >= 0.6 is 0 Å². The summed E-state index contributed by atoms with van der Waals surface area (Å²) in [6, 6.07) is 8.52. The summed E-state index contributed by atoms with van der Waals surface area (Å²) < 4.78 is 6.04. The summed E-state index contributed by atoms with van der Waals surface area (Å²) in [5, 5.41) is 2.94. The van der Waals surface area contributed by atoms with Crippen LogP contribution in [-0.4, -0.2) is 60.6 Å². The van der Waals surface area contributed by atoms with Gasteiger partial charge in [-0.3, -0.25) is 4.79 Å². The molecule has 0 radical (unpaired) electrons. The van der Waals surface area contributed by atoms with Gasteiger partial charge in [0.05, 0.1) is 17.4 Å². The largest absolute Gasteiger partial charge is 0.373 e. The molecule has 1 N–H and O–H groups in total. The fourth-order valence-corrected chi connectivity index (χ4v) is 3.96. The van der Waals surface area contributed by atoms with E-state index in [1.165, 1.54) is 0 Å². The summed E-state index contributed by atoms with van der Waals surface area (Å²) >= 11 is 0. The molecule has 7 nitrogen and oxygen atoms in total. The third-order valence-corrected chi connectivity index (χ3v) is 5.74. The van der Waals surface area contributed by atoms with E-state index in [0.717, 1.165) is 43.8 Å². The molecule has 1 aliphatic rings. The van der Waals surface area contributed by atoms with E-state index in [-0.39, 0.29) is 12.0 Å². The van der Waals surface area contributed by atoms with E-state index >= 15 is 0 Å². The highest BCUT2D eigenvalue weighted by atomic mass is 16.5. The number of nitrogens with one attached hydrogen (secondary N) is 1. The number of aryl methyl sites for hydroxylation is 1. The predicted octanol–water partition coefficient (Wildman–Crippen LogP) is 3.67. The summed E-state index contributed by atoms with van der Waals surface area (Å²) in [4.78, 5) is 25.6. The first-order valence-corrected chi connectivity index (χ1v) is 10.7. The second-order valence-electron chi connectivity index (χ2n) is 7.90. The van der Waals surface area contributed by atoms with E-state index in [1.54, 1.807) is 6.20 Å². The molecule has 0 aliphatic carbocycles. The molecule has 0 saturated carbocycles. The number of carbonyl (C=O) groups excluding carboxylic acids is 1. The minimum atomic E-state index is -0.207. The summed E-state index contributed by atoms with van der Waals surface area (Å²) in [5.41, 5.74) is 3.03. The standard InChI is InChI=1S/C23H33N5O2/c1-6-28(7-2)19-12-13-30-21(14-19)17-8-10-18(11-9-17)26-22(29)20-15-24-23(27(4)5)25-16(20)3/h8-11,15,19,21H,6-7,12-14H2,1-5H3,(H,26,29)/t19-,21+/m1/s1. The van der Waals surface area contributed by atoms with E-state index in [2.05, 4.69) is 34.0 Å². The van der Waals surface area contributed by atoms with Gasteiger partial charge in [0.25, 0.3) is 5.91 Å². The molecule has 0 spiro atoms. The highest BCUT2D eigenvalue weighted by Gasteiger charge is 2.27. The number of ether oxygens (including phenoxy) is 1. The Morgan fingerprint density at radius 2 is 1.90 bits per heavy atom. The second kappa shape index (κ2) is 10.00. The number of hydrogen-bond acceptors (Lipinski definition) is 6. The van der Waals surface area contributed by atoms with Crippen molar-refractivity contribution in [1.29, 1.82) is 0 Å². The van der Waals surface area contributed by atoms with Crippen LogP contribution in [0.25, 0.3) is 0 Å². The van der Waals surface area contributed by atoms with Crippen LogP contribution in [0.3, 0.4) is 0 Å². The molecule has 0 unspecified atom stereocenters. The van der Waals surface area contributed by atoms with Gasteiger partial charge in [0.2, 0.25) is 5.95 Å². The van der Waals surface area contributed by atoms with Gasteiger partial charge in [0.15, 0.2) is 0 Å². The Hall–Kier alpha value is -2.51. The predicted molar refractivity (Wildman–Crippen MR) is 120 cm³/mol. The molecule has 2 heterocycles. The average molecular weight is 412 g/mol. The van der Waals surface area contributed by atoms with E-state index in [9.17, 15) is 4.79 Å². The van der Waals surface area contributed by atoms with Crippen molar-refractivity contribution in [2.75, 3.05) is 44.0 Å². The van der Waals surface area contributed by atoms with Gasteiger partial charge >= 0.3 is 0 Å². The quantitative estimate of drug-likeness (QED) is 0.750. The van der Waals surface area contributed by atoms with Crippen LogP contribution in [0.4, 0.5) is 11.6 Å². The van der Waals surface area contributed by atoms with Gasteiger partial charge in [0.1, 0.15) is 0 Å². The van der Waals surface area contributed by atoms with Crippen molar-refractivity contribution in [1.82, 2.24) is 14.9 Å². The highest BCUT2D eigenvalue weighted by Crippen LogP contribution is 2.31. The van der Waals surface area contributed by atoms with Crippen molar-refractivity contribution >= 4 is 17.5 Å². The number of amides is 1. The highest BCUT2D eigenvalue weighted by molar-refractivity contribution is 6.04. The number of rotatable bonds is 7. The van der Waals surface area contributed by atoms with Crippen molar-refractivity contribution in [3.63, 3.8) is 0 Å². The third kappa shape index (κ3) is 5.15. The molecule has 30 heavy (non-hydrogen) atoms. The zero-order valence-electron chi connectivity index (χ0n) is 18.7. The lowest BCUT2D eigenvalue weighted by Gasteiger charge is -2.36. The van der Waals surface area contributed by atoms with Crippen molar-refractivity contribution < 1.29 is 9.53 Å². The number of aromatic nitrogens is 2. The molecule has 1 aromatic carbocycles. The maximum atomic E-state index is 12.7. The molecule has 2 atom stereocenters. The van der Waals surface area contributed by atoms with Gasteiger partial charge < -0.3 is 19.9 Å². The Labute approximate surface area is 179 Å². The normalized spacial score (nSPS) is 19.0. The zero-order chi connectivity index (χ0) is 21.7. The van der Waals surface area contributed by atoms with Crippen LogP contribution in [0.15, 0.2) is 30.5 Å². The van der Waals surface area contributed by atoms with Crippen molar-refractivity contribution in [3.8, 4) is 0 Å². The van der Waals surface area contributed by atoms with Crippen molar-refractivity contribution in [2.45, 2.75) is 45.8 Å². The summed E-state index contributed by atoms with van der Waals surface area (Å²) in [7, 11) is 3.74. The summed E-state index contributed by atoms with van der Waals surface area (Å²) in [6.07, 6.45) is 3.76. The number of anilines is 2. The molecule has 1 amide bonds. The lowest BCUT2D eigenvalue weighted by Crippen LogP contribution is -2.40. The van der Waals surface area contributed by atoms with E-state index in [1.807, 2.05) is 50.2 Å². The number of hydrogen-bond donors (Lipinski definition) is 1. The SMILES string of the molecule is CCN(CC)[C@@H]1CCO[C@H](c2ccc(NC(=O)c3cnc(N(C)C)nc3C)cc2)C1. The van der Waals surface area contributed by atoms with Gasteiger partial charge in [-0.2, -0.15) is 0 Å². The molecule has 1 saturated heterocycles. The smallest absolute Gasteiger partial charge is 0.259 e. The van der Waals surface area contributed by atoms with Crippen molar-refractivity contribution in [3.05, 3.63) is 47.3 Å². The van der Waals surface area contributed by atoms with Gasteiger partial charge in [0, 0.05) is 38.6 Å². The molecule has 3 rings (SSSR count). The first-order chi connectivity index (χ1) is 14.4. The zero-order valence-corrected chi connectivity index (χ0v) is 18.7. The van der Waals surface area contributed by atoms with Crippen LogP contribution in [0, 0.1) is 6.92 Å². The molecular formula is C23H33N5O2. The van der Waals surface area contributed by atoms with Gasteiger partial charge in [-0.25, -0.2) is 9.97 Å². The first-order valence-electron chi connectivity index (χ1n) is 10.7. The lowest BCUT2D eigenvalue weighted by molar-refractivity contribution is -0.0265. The molecule has 1 aliphatic heterocycles. The first kappa shape index (κ1) is 22.2. The third-order valence-electron chi connectivity index (χ3n) is 5.74. The summed E-state index contributed by atoms with van der Waals surface area (Å²) in [5.74, 6) is 0.380. The van der Waals surface area contributed by atoms with E-state index < -0.39 is 0 Å². The maximum Gasteiger partial charge on any atom is 0.259 e. The van der Waals surface area contributed by atoms with Crippen LogP contribution in [0.1, 0.15) is 54.4 Å². The second-order valence-corrected chi connectivity index (χ2v) is 7.90. The number of benzene rings is 1. The maximum absolute atomic E-state index is 12.7. The molecule has 1 fully saturated rings. The van der Waals surface area contributed by atoms with Gasteiger partial charge in [-0.1, -0.05) is 26.0 Å². The average Bonchev–Trinajstić information content (AvgIpc) is 2.75. The van der Waals surface area contributed by atoms with Crippen LogP contribution in [0.2, 0.25) is 0 Å².